The number of hydrogen-bond donors (Lipinski definition) is 0. The molecule has 4 heteroatoms. The SMILES string of the molecule is CCCCCCC(CCCC)CSc1c2ccsc2c(SCC(CCCC)CCCCCC)c2ccsc12. The molecule has 0 amide bonds. The molecule has 0 aliphatic rings. The highest BCUT2D eigenvalue weighted by Crippen LogP contribution is 2.48. The van der Waals surface area contributed by atoms with E-state index in [1.165, 1.54) is 125 Å². The summed E-state index contributed by atoms with van der Waals surface area (Å²) in [6.07, 6.45) is 22.2. The zero-order chi connectivity index (χ0) is 27.0. The molecule has 214 valence electrons. The maximum Gasteiger partial charge on any atom is 0.0496 e. The largest absolute Gasteiger partial charge is 0.143 e. The predicted octanol–water partition coefficient (Wildman–Crippen LogP) is 13.9. The summed E-state index contributed by atoms with van der Waals surface area (Å²) in [4.78, 5) is 3.15. The van der Waals surface area contributed by atoms with Gasteiger partial charge in [0.15, 0.2) is 0 Å². The predicted molar refractivity (Wildman–Crippen MR) is 182 cm³/mol. The Morgan fingerprint density at radius 3 is 1.32 bits per heavy atom. The molecular formula is C34H54S4. The zero-order valence-electron chi connectivity index (χ0n) is 24.8. The molecule has 0 spiro atoms. The van der Waals surface area contributed by atoms with Crippen molar-refractivity contribution in [2.75, 3.05) is 11.5 Å². The van der Waals surface area contributed by atoms with Gasteiger partial charge >= 0.3 is 0 Å². The van der Waals surface area contributed by atoms with Gasteiger partial charge in [0.25, 0.3) is 0 Å². The maximum absolute atomic E-state index is 2.42. The van der Waals surface area contributed by atoms with Crippen molar-refractivity contribution < 1.29 is 0 Å². The van der Waals surface area contributed by atoms with Crippen molar-refractivity contribution in [2.45, 2.75) is 140 Å². The van der Waals surface area contributed by atoms with Crippen LogP contribution in [-0.2, 0) is 0 Å². The molecule has 0 aliphatic carbocycles. The van der Waals surface area contributed by atoms with Gasteiger partial charge in [0.2, 0.25) is 0 Å². The molecule has 3 aromatic rings. The number of unbranched alkanes of at least 4 members (excludes halogenated alkanes) is 8. The van der Waals surface area contributed by atoms with E-state index in [2.05, 4.69) is 74.1 Å². The fraction of sp³-hybridized carbons (Fsp3) is 0.706. The van der Waals surface area contributed by atoms with E-state index < -0.39 is 0 Å². The number of hydrogen-bond acceptors (Lipinski definition) is 4. The van der Waals surface area contributed by atoms with Crippen molar-refractivity contribution in [3.63, 3.8) is 0 Å². The average molecular weight is 591 g/mol. The van der Waals surface area contributed by atoms with Gasteiger partial charge in [-0.2, -0.15) is 0 Å². The standard InChI is InChI=1S/C34H54S4/c1-5-9-13-15-19-27(17-11-7-3)25-37-33-29-21-23-36-32(29)34(30-22-24-35-31(30)33)38-26-28(18-12-8-4)20-16-14-10-6-2/h21-24,27-28H,5-20,25-26H2,1-4H3. The minimum absolute atomic E-state index is 0.863. The van der Waals surface area contributed by atoms with Crippen molar-refractivity contribution in [1.82, 2.24) is 0 Å². The molecule has 3 rings (SSSR count). The molecule has 1 aromatic carbocycles. The van der Waals surface area contributed by atoms with E-state index in [1.807, 2.05) is 22.7 Å². The lowest BCUT2D eigenvalue weighted by Crippen LogP contribution is -2.05. The van der Waals surface area contributed by atoms with E-state index in [4.69, 9.17) is 0 Å². The molecule has 0 N–H and O–H groups in total. The van der Waals surface area contributed by atoms with Crippen molar-refractivity contribution in [2.24, 2.45) is 11.8 Å². The van der Waals surface area contributed by atoms with Crippen LogP contribution >= 0.6 is 46.2 Å². The van der Waals surface area contributed by atoms with E-state index in [-0.39, 0.29) is 0 Å². The van der Waals surface area contributed by atoms with Crippen LogP contribution in [0.3, 0.4) is 0 Å². The Labute approximate surface area is 251 Å². The maximum atomic E-state index is 2.42. The Kier molecular flexibility index (Phi) is 16.2. The Balaban J connectivity index is 1.75. The molecule has 0 saturated carbocycles. The van der Waals surface area contributed by atoms with Crippen LogP contribution in [0.1, 0.15) is 130 Å². The van der Waals surface area contributed by atoms with Gasteiger partial charge < -0.3 is 0 Å². The molecular weight excluding hydrogens is 537 g/mol. The normalized spacial score (nSPS) is 13.6. The molecule has 2 unspecified atom stereocenters. The summed E-state index contributed by atoms with van der Waals surface area (Å²) >= 11 is 8.31. The first-order chi connectivity index (χ1) is 18.7. The molecule has 0 bridgehead atoms. The smallest absolute Gasteiger partial charge is 0.0496 e. The van der Waals surface area contributed by atoms with E-state index >= 15 is 0 Å². The second-order valence-corrected chi connectivity index (χ2v) is 15.2. The van der Waals surface area contributed by atoms with Crippen LogP contribution in [0.5, 0.6) is 0 Å². The number of thioether (sulfide) groups is 2. The third-order valence-corrected chi connectivity index (χ3v) is 12.8. The van der Waals surface area contributed by atoms with Crippen molar-refractivity contribution in [3.05, 3.63) is 22.9 Å². The molecule has 0 fully saturated rings. The van der Waals surface area contributed by atoms with Gasteiger partial charge in [-0.1, -0.05) is 105 Å². The lowest BCUT2D eigenvalue weighted by Gasteiger charge is -2.19. The Bertz CT molecular complexity index is 888. The molecule has 0 radical (unpaired) electrons. The lowest BCUT2D eigenvalue weighted by atomic mass is 9.97. The van der Waals surface area contributed by atoms with Crippen LogP contribution < -0.4 is 0 Å². The molecule has 0 saturated heterocycles. The first-order valence-electron chi connectivity index (χ1n) is 15.9. The second-order valence-electron chi connectivity index (χ2n) is 11.3. The molecule has 0 aliphatic heterocycles. The van der Waals surface area contributed by atoms with Crippen molar-refractivity contribution >= 4 is 66.4 Å². The van der Waals surface area contributed by atoms with Gasteiger partial charge in [-0.15, -0.1) is 46.2 Å². The highest BCUT2D eigenvalue weighted by atomic mass is 32.2. The summed E-state index contributed by atoms with van der Waals surface area (Å²) in [6.45, 7) is 9.34. The van der Waals surface area contributed by atoms with Gasteiger partial charge in [-0.3, -0.25) is 0 Å². The van der Waals surface area contributed by atoms with Gasteiger partial charge in [-0.05, 0) is 60.4 Å². The number of thiophene rings is 2. The third-order valence-electron chi connectivity index (χ3n) is 8.02. The van der Waals surface area contributed by atoms with Crippen LogP contribution in [-0.4, -0.2) is 11.5 Å². The first kappa shape index (κ1) is 32.4. The van der Waals surface area contributed by atoms with Gasteiger partial charge in [0.1, 0.15) is 0 Å². The first-order valence-corrected chi connectivity index (χ1v) is 19.6. The number of benzene rings is 1. The quantitative estimate of drug-likeness (QED) is 0.0843. The molecule has 2 aromatic heterocycles. The topological polar surface area (TPSA) is 0 Å². The highest BCUT2D eigenvalue weighted by molar-refractivity contribution is 8.00. The molecule has 2 atom stereocenters. The summed E-state index contributed by atoms with van der Waals surface area (Å²) in [5.41, 5.74) is 0. The highest BCUT2D eigenvalue weighted by Gasteiger charge is 2.20. The van der Waals surface area contributed by atoms with Crippen molar-refractivity contribution in [1.29, 1.82) is 0 Å². The second kappa shape index (κ2) is 19.1. The summed E-state index contributed by atoms with van der Waals surface area (Å²) in [5, 5.41) is 7.76. The monoisotopic (exact) mass is 590 g/mol. The Hall–Kier alpha value is -0.160. The van der Waals surface area contributed by atoms with E-state index in [0.717, 1.165) is 11.8 Å². The van der Waals surface area contributed by atoms with Gasteiger partial charge in [-0.25, -0.2) is 0 Å². The average Bonchev–Trinajstić information content (AvgIpc) is 3.62. The fourth-order valence-electron chi connectivity index (χ4n) is 5.59. The third kappa shape index (κ3) is 10.0. The van der Waals surface area contributed by atoms with E-state index in [0.29, 0.717) is 0 Å². The minimum Gasteiger partial charge on any atom is -0.143 e. The summed E-state index contributed by atoms with van der Waals surface area (Å²) in [6, 6.07) is 4.85. The minimum atomic E-state index is 0.863. The van der Waals surface area contributed by atoms with Crippen LogP contribution in [0.2, 0.25) is 0 Å². The number of fused-ring (bicyclic) bond motifs is 2. The number of rotatable bonds is 22. The van der Waals surface area contributed by atoms with E-state index in [9.17, 15) is 0 Å². The van der Waals surface area contributed by atoms with Crippen LogP contribution in [0, 0.1) is 11.8 Å². The van der Waals surface area contributed by atoms with Gasteiger partial charge in [0, 0.05) is 41.5 Å². The van der Waals surface area contributed by atoms with E-state index in [1.54, 1.807) is 19.2 Å². The Morgan fingerprint density at radius 2 is 0.921 bits per heavy atom. The fourth-order valence-corrected chi connectivity index (χ4v) is 10.7. The van der Waals surface area contributed by atoms with Crippen LogP contribution in [0.25, 0.3) is 20.2 Å². The molecule has 2 heterocycles. The lowest BCUT2D eigenvalue weighted by molar-refractivity contribution is 0.451. The van der Waals surface area contributed by atoms with Crippen molar-refractivity contribution in [3.8, 4) is 0 Å². The van der Waals surface area contributed by atoms with Crippen LogP contribution in [0.15, 0.2) is 32.7 Å². The summed E-state index contributed by atoms with van der Waals surface area (Å²) < 4.78 is 3.10. The molecule has 38 heavy (non-hydrogen) atoms. The van der Waals surface area contributed by atoms with Crippen LogP contribution in [0.4, 0.5) is 0 Å². The Morgan fingerprint density at radius 1 is 0.526 bits per heavy atom. The zero-order valence-corrected chi connectivity index (χ0v) is 28.1. The molecule has 0 nitrogen and oxygen atoms in total. The summed E-state index contributed by atoms with van der Waals surface area (Å²) in [5.74, 6) is 4.30. The van der Waals surface area contributed by atoms with Gasteiger partial charge in [0.05, 0.1) is 0 Å². The summed E-state index contributed by atoms with van der Waals surface area (Å²) in [7, 11) is 0.